The van der Waals surface area contributed by atoms with Gasteiger partial charge in [0.05, 0.1) is 0 Å². The summed E-state index contributed by atoms with van der Waals surface area (Å²) >= 11 is 0. The molecule has 0 radical (unpaired) electrons. The predicted octanol–water partition coefficient (Wildman–Crippen LogP) is 20.1. The Morgan fingerprint density at radius 3 is 0.861 bits per heavy atom. The van der Waals surface area contributed by atoms with Gasteiger partial charge in [0, 0.05) is 37.6 Å². The highest BCUT2D eigenvalue weighted by Crippen LogP contribution is 2.38. The molecule has 374 valence electrons. The molecule has 0 saturated carbocycles. The van der Waals surface area contributed by atoms with E-state index in [1.165, 1.54) is 140 Å². The van der Waals surface area contributed by atoms with E-state index in [1.54, 1.807) is 0 Å². The Morgan fingerprint density at radius 1 is 0.306 bits per heavy atom. The van der Waals surface area contributed by atoms with Crippen molar-refractivity contribution in [2.75, 3.05) is 36.0 Å². The van der Waals surface area contributed by atoms with Gasteiger partial charge >= 0.3 is 0 Å². The van der Waals surface area contributed by atoms with Crippen molar-refractivity contribution in [2.45, 2.75) is 131 Å². The summed E-state index contributed by atoms with van der Waals surface area (Å²) in [5.74, 6) is 0. The van der Waals surface area contributed by atoms with Crippen LogP contribution in [0.2, 0.25) is 0 Å². The molecule has 0 aliphatic rings. The van der Waals surface area contributed by atoms with E-state index in [0.717, 1.165) is 26.2 Å². The SMILES string of the molecule is CCCCN(CCCC)c1ccc(/C=C/c2c3ccc(/C=C/c4ccc(C(C)(C)C)cc4)cc3c(/C=C/c3ccc(N(CCCC)CCCC)cc3)c3ccc(/C=C/c4ccc(C(C)(C)C)cc4)cc23)cc1. The molecule has 0 spiro atoms. The number of hydrogen-bond acceptors (Lipinski definition) is 2. The van der Waals surface area contributed by atoms with Gasteiger partial charge in [0.15, 0.2) is 0 Å². The fourth-order valence-electron chi connectivity index (χ4n) is 9.56. The van der Waals surface area contributed by atoms with Gasteiger partial charge in [-0.05, 0) is 150 Å². The number of rotatable bonds is 22. The molecule has 0 heterocycles. The van der Waals surface area contributed by atoms with Crippen LogP contribution in [0.15, 0.2) is 133 Å². The molecule has 7 aromatic rings. The van der Waals surface area contributed by atoms with E-state index < -0.39 is 0 Å². The van der Waals surface area contributed by atoms with Crippen LogP contribution in [0.1, 0.15) is 176 Å². The Balaban J connectivity index is 1.36. The lowest BCUT2D eigenvalue weighted by molar-refractivity contribution is 0.590. The van der Waals surface area contributed by atoms with Crippen LogP contribution in [0.5, 0.6) is 0 Å². The average molecular weight is 953 g/mol. The minimum atomic E-state index is 0.119. The molecular formula is C70H84N2. The second-order valence-electron chi connectivity index (χ2n) is 22.1. The van der Waals surface area contributed by atoms with Crippen molar-refractivity contribution in [1.29, 1.82) is 0 Å². The fraction of sp³-hybridized carbons (Fsp3) is 0.343. The van der Waals surface area contributed by atoms with Crippen molar-refractivity contribution in [3.05, 3.63) is 189 Å². The summed E-state index contributed by atoms with van der Waals surface area (Å²) in [5, 5.41) is 4.96. The van der Waals surface area contributed by atoms with Crippen LogP contribution in [-0.2, 0) is 10.8 Å². The van der Waals surface area contributed by atoms with Gasteiger partial charge in [-0.1, -0.05) is 241 Å². The quantitative estimate of drug-likeness (QED) is 0.0493. The Labute approximate surface area is 435 Å². The van der Waals surface area contributed by atoms with Crippen LogP contribution in [0.3, 0.4) is 0 Å². The zero-order valence-electron chi connectivity index (χ0n) is 45.7. The van der Waals surface area contributed by atoms with E-state index in [0.29, 0.717) is 0 Å². The van der Waals surface area contributed by atoms with Crippen LogP contribution >= 0.6 is 0 Å². The number of benzene rings is 7. The number of hydrogen-bond donors (Lipinski definition) is 0. The van der Waals surface area contributed by atoms with Crippen LogP contribution in [0.25, 0.3) is 70.2 Å². The van der Waals surface area contributed by atoms with Gasteiger partial charge in [-0.15, -0.1) is 0 Å². The number of unbranched alkanes of at least 4 members (excludes halogenated alkanes) is 4. The summed E-state index contributed by atoms with van der Waals surface area (Å²) in [6.07, 6.45) is 28.1. The van der Waals surface area contributed by atoms with E-state index in [-0.39, 0.29) is 10.8 Å². The summed E-state index contributed by atoms with van der Waals surface area (Å²) in [6.45, 7) is 27.2. The van der Waals surface area contributed by atoms with Crippen molar-refractivity contribution in [1.82, 2.24) is 0 Å². The maximum atomic E-state index is 2.57. The van der Waals surface area contributed by atoms with Gasteiger partial charge in [0.1, 0.15) is 0 Å². The van der Waals surface area contributed by atoms with Crippen molar-refractivity contribution in [2.24, 2.45) is 0 Å². The monoisotopic (exact) mass is 953 g/mol. The molecule has 2 nitrogen and oxygen atoms in total. The maximum absolute atomic E-state index is 2.57. The second-order valence-corrected chi connectivity index (χ2v) is 22.1. The first-order chi connectivity index (χ1) is 34.8. The molecule has 0 aliphatic carbocycles. The van der Waals surface area contributed by atoms with Crippen LogP contribution < -0.4 is 9.80 Å². The van der Waals surface area contributed by atoms with Gasteiger partial charge in [-0.2, -0.15) is 0 Å². The molecule has 7 rings (SSSR count). The lowest BCUT2D eigenvalue weighted by Crippen LogP contribution is -2.25. The Bertz CT molecular complexity index is 2710. The highest BCUT2D eigenvalue weighted by molar-refractivity contribution is 6.15. The summed E-state index contributed by atoms with van der Waals surface area (Å²) in [5.41, 5.74) is 15.2. The summed E-state index contributed by atoms with van der Waals surface area (Å²) in [6, 6.07) is 50.6. The predicted molar refractivity (Wildman–Crippen MR) is 324 cm³/mol. The third kappa shape index (κ3) is 14.4. The summed E-state index contributed by atoms with van der Waals surface area (Å²) < 4.78 is 0. The van der Waals surface area contributed by atoms with Gasteiger partial charge in [0.25, 0.3) is 0 Å². The lowest BCUT2D eigenvalue weighted by atomic mass is 9.86. The molecule has 0 fully saturated rings. The van der Waals surface area contributed by atoms with Crippen molar-refractivity contribution < 1.29 is 0 Å². The van der Waals surface area contributed by atoms with Crippen molar-refractivity contribution in [3.63, 3.8) is 0 Å². The molecule has 0 N–H and O–H groups in total. The van der Waals surface area contributed by atoms with Gasteiger partial charge in [-0.25, -0.2) is 0 Å². The van der Waals surface area contributed by atoms with E-state index >= 15 is 0 Å². The Kier molecular flexibility index (Phi) is 18.8. The largest absolute Gasteiger partial charge is 0.372 e. The zero-order chi connectivity index (χ0) is 51.1. The molecule has 0 aromatic heterocycles. The molecule has 2 heteroatoms. The summed E-state index contributed by atoms with van der Waals surface area (Å²) in [7, 11) is 0. The summed E-state index contributed by atoms with van der Waals surface area (Å²) in [4.78, 5) is 5.14. The van der Waals surface area contributed by atoms with E-state index in [4.69, 9.17) is 0 Å². The zero-order valence-corrected chi connectivity index (χ0v) is 45.7. The number of anilines is 2. The first-order valence-electron chi connectivity index (χ1n) is 27.4. The normalized spacial score (nSPS) is 12.5. The fourth-order valence-corrected chi connectivity index (χ4v) is 9.56. The number of fused-ring (bicyclic) bond motifs is 2. The second kappa shape index (κ2) is 25.3. The van der Waals surface area contributed by atoms with E-state index in [9.17, 15) is 0 Å². The Morgan fingerprint density at radius 2 is 0.569 bits per heavy atom. The Hall–Kier alpha value is -6.38. The van der Waals surface area contributed by atoms with Crippen molar-refractivity contribution >= 4 is 81.5 Å². The first-order valence-corrected chi connectivity index (χ1v) is 27.4. The molecule has 0 unspecified atom stereocenters. The van der Waals surface area contributed by atoms with Crippen LogP contribution in [0.4, 0.5) is 11.4 Å². The highest BCUT2D eigenvalue weighted by Gasteiger charge is 2.16. The molecule has 0 amide bonds. The van der Waals surface area contributed by atoms with Gasteiger partial charge in [0.2, 0.25) is 0 Å². The smallest absolute Gasteiger partial charge is 0.0366 e. The molecule has 72 heavy (non-hydrogen) atoms. The van der Waals surface area contributed by atoms with Crippen LogP contribution in [-0.4, -0.2) is 26.2 Å². The minimum absolute atomic E-state index is 0.119. The highest BCUT2D eigenvalue weighted by atomic mass is 15.1. The molecule has 7 aromatic carbocycles. The molecule has 0 aliphatic heterocycles. The minimum Gasteiger partial charge on any atom is -0.372 e. The molecule has 0 saturated heterocycles. The van der Waals surface area contributed by atoms with Crippen molar-refractivity contribution in [3.8, 4) is 0 Å². The first kappa shape index (κ1) is 53.4. The average Bonchev–Trinajstić information content (AvgIpc) is 3.38. The third-order valence-electron chi connectivity index (χ3n) is 14.3. The molecule has 0 atom stereocenters. The topological polar surface area (TPSA) is 6.48 Å². The van der Waals surface area contributed by atoms with Gasteiger partial charge in [-0.3, -0.25) is 0 Å². The maximum Gasteiger partial charge on any atom is 0.0366 e. The molecule has 0 bridgehead atoms. The third-order valence-corrected chi connectivity index (χ3v) is 14.3. The standard InChI is InChI=1S/C70H84N2/c1-11-15-47-71(48-16-12-2)61-39-27-55(28-40-61)31-43-63-65-45-33-58(22-20-54-25-37-60(38-26-54)70(8,9)10)52-68(65)64(44-32-56-29-41-62(42-30-56)72(49-17-13-3)50-18-14-4)66-46-34-57(51-67(63)66)21-19-53-23-35-59(36-24-53)69(5,6)7/h19-46,51-52H,11-18,47-50H2,1-10H3/b21-19+,22-20+,43-31+,44-32+. The molecular weight excluding hydrogens is 869 g/mol. The lowest BCUT2D eigenvalue weighted by Gasteiger charge is -2.24. The van der Waals surface area contributed by atoms with E-state index in [1.807, 2.05) is 0 Å². The number of nitrogens with zero attached hydrogens (tertiary/aromatic N) is 2. The van der Waals surface area contributed by atoms with Gasteiger partial charge < -0.3 is 9.80 Å². The van der Waals surface area contributed by atoms with Crippen LogP contribution in [0, 0.1) is 0 Å². The van der Waals surface area contributed by atoms with E-state index in [2.05, 4.69) is 261 Å².